The molecule has 0 saturated carbocycles. The van der Waals surface area contributed by atoms with Gasteiger partial charge in [0.1, 0.15) is 5.75 Å². The molecule has 0 aliphatic rings. The molecule has 0 N–H and O–H groups in total. The number of halogens is 1. The number of nitrogens with zero attached hydrogens (tertiary/aromatic N) is 1. The maximum atomic E-state index is 12.0. The zero-order chi connectivity index (χ0) is 17.5. The number of hydrogen-bond acceptors (Lipinski definition) is 2. The number of hydrogen-bond donors (Lipinski definition) is 0. The largest absolute Gasteiger partial charge is 0.497 e. The molecule has 2 rings (SSSR count). The van der Waals surface area contributed by atoms with Crippen molar-refractivity contribution in [3.8, 4) is 5.75 Å². The Morgan fingerprint density at radius 1 is 1.21 bits per heavy atom. The second kappa shape index (κ2) is 8.37. The average molecular weight is 342 g/mol. The van der Waals surface area contributed by atoms with Crippen molar-refractivity contribution < 1.29 is 9.53 Å². The summed E-state index contributed by atoms with van der Waals surface area (Å²) in [5.41, 5.74) is 3.69. The summed E-state index contributed by atoms with van der Waals surface area (Å²) >= 11 is 5.86. The molecule has 24 heavy (non-hydrogen) atoms. The molecule has 0 unspecified atom stereocenters. The highest BCUT2D eigenvalue weighted by atomic mass is 35.5. The lowest BCUT2D eigenvalue weighted by atomic mass is 10.0. The van der Waals surface area contributed by atoms with Crippen molar-refractivity contribution in [3.05, 3.63) is 78.4 Å². The van der Waals surface area contributed by atoms with Gasteiger partial charge in [-0.15, -0.1) is 0 Å². The topological polar surface area (TPSA) is 29.5 Å². The summed E-state index contributed by atoms with van der Waals surface area (Å²) in [5, 5.41) is -0.523. The molecule has 0 bridgehead atoms. The van der Waals surface area contributed by atoms with E-state index in [1.165, 1.54) is 0 Å². The molecule has 0 aliphatic heterocycles. The Morgan fingerprint density at radius 3 is 2.46 bits per heavy atom. The number of rotatable bonds is 6. The summed E-state index contributed by atoms with van der Waals surface area (Å²) < 4.78 is 5.16. The number of methoxy groups -OCH3 is 1. The third-order valence-corrected chi connectivity index (χ3v) is 3.90. The summed E-state index contributed by atoms with van der Waals surface area (Å²) in [5.74, 6) is 0.771. The lowest BCUT2D eigenvalue weighted by molar-refractivity contribution is 0.264. The number of carbonyl (C=O) groups is 1. The fourth-order valence-corrected chi connectivity index (χ4v) is 2.62. The highest BCUT2D eigenvalue weighted by molar-refractivity contribution is 6.66. The van der Waals surface area contributed by atoms with E-state index in [4.69, 9.17) is 16.3 Å². The first kappa shape index (κ1) is 17.8. The van der Waals surface area contributed by atoms with E-state index in [1.54, 1.807) is 18.1 Å². The molecule has 3 nitrogen and oxygen atoms in total. The molecule has 0 atom stereocenters. The van der Waals surface area contributed by atoms with Crippen LogP contribution in [0.4, 0.5) is 10.5 Å². The normalized spacial score (nSPS) is 11.0. The average Bonchev–Trinajstić information content (AvgIpc) is 2.60. The van der Waals surface area contributed by atoms with Crippen LogP contribution < -0.4 is 9.64 Å². The zero-order valence-corrected chi connectivity index (χ0v) is 14.6. The van der Waals surface area contributed by atoms with Gasteiger partial charge in [0.05, 0.1) is 19.3 Å². The van der Waals surface area contributed by atoms with Crippen LogP contribution in [0, 0.1) is 0 Å². The lowest BCUT2D eigenvalue weighted by Gasteiger charge is -2.23. The zero-order valence-electron chi connectivity index (χ0n) is 13.8. The molecule has 2 aromatic rings. The molecule has 4 heteroatoms. The van der Waals surface area contributed by atoms with E-state index in [-0.39, 0.29) is 0 Å². The fraction of sp³-hybridized carbons (Fsp3) is 0.150. The van der Waals surface area contributed by atoms with Crippen molar-refractivity contribution in [1.29, 1.82) is 0 Å². The fourth-order valence-electron chi connectivity index (χ4n) is 2.46. The SMILES string of the molecule is C=C/C=C(\C)c1ccccc1N(Cc1ccc(OC)cc1)C(=O)Cl. The molecule has 0 saturated heterocycles. The van der Waals surface area contributed by atoms with Crippen LogP contribution in [-0.4, -0.2) is 12.5 Å². The van der Waals surface area contributed by atoms with Gasteiger partial charge in [0.25, 0.3) is 0 Å². The number of anilines is 1. The van der Waals surface area contributed by atoms with Gasteiger partial charge in [0, 0.05) is 5.56 Å². The molecule has 0 heterocycles. The molecule has 124 valence electrons. The highest BCUT2D eigenvalue weighted by Crippen LogP contribution is 2.29. The van der Waals surface area contributed by atoms with Gasteiger partial charge in [-0.3, -0.25) is 9.69 Å². The first-order chi connectivity index (χ1) is 11.6. The van der Waals surface area contributed by atoms with E-state index < -0.39 is 5.37 Å². The standard InChI is InChI=1S/C20H20ClNO2/c1-4-7-15(2)18-8-5-6-9-19(18)22(20(21)23)14-16-10-12-17(24-3)13-11-16/h4-13H,1,14H2,2-3H3/b15-7+. The molecule has 0 aromatic heterocycles. The first-order valence-corrected chi connectivity index (χ1v) is 7.93. The van der Waals surface area contributed by atoms with Crippen LogP contribution in [-0.2, 0) is 6.54 Å². The number of carbonyl (C=O) groups excluding carboxylic acids is 1. The van der Waals surface area contributed by atoms with Crippen LogP contribution >= 0.6 is 11.6 Å². The Balaban J connectivity index is 2.39. The second-order valence-corrected chi connectivity index (χ2v) is 5.61. The van der Waals surface area contributed by atoms with E-state index in [1.807, 2.05) is 61.5 Å². The number of amides is 1. The predicted octanol–water partition coefficient (Wildman–Crippen LogP) is 5.65. The number of ether oxygens (including phenoxy) is 1. The van der Waals surface area contributed by atoms with Crippen LogP contribution in [0.2, 0.25) is 0 Å². The monoisotopic (exact) mass is 341 g/mol. The van der Waals surface area contributed by atoms with E-state index in [9.17, 15) is 4.79 Å². The molecular formula is C20H20ClNO2. The van der Waals surface area contributed by atoms with Crippen LogP contribution in [0.3, 0.4) is 0 Å². The van der Waals surface area contributed by atoms with Gasteiger partial charge in [-0.05, 0) is 47.9 Å². The Kier molecular flexibility index (Phi) is 6.21. The summed E-state index contributed by atoms with van der Waals surface area (Å²) in [6.45, 7) is 6.08. The highest BCUT2D eigenvalue weighted by Gasteiger charge is 2.17. The maximum absolute atomic E-state index is 12.0. The Morgan fingerprint density at radius 2 is 1.88 bits per heavy atom. The van der Waals surface area contributed by atoms with Crippen molar-refractivity contribution in [2.24, 2.45) is 0 Å². The van der Waals surface area contributed by atoms with Gasteiger partial charge in [0.15, 0.2) is 0 Å². The van der Waals surface area contributed by atoms with Gasteiger partial charge in [-0.2, -0.15) is 0 Å². The molecular weight excluding hydrogens is 322 g/mol. The minimum atomic E-state index is -0.523. The van der Waals surface area contributed by atoms with Gasteiger partial charge in [-0.25, -0.2) is 0 Å². The third kappa shape index (κ3) is 4.27. The quantitative estimate of drug-likeness (QED) is 0.386. The molecule has 0 fully saturated rings. The van der Waals surface area contributed by atoms with Crippen molar-refractivity contribution in [3.63, 3.8) is 0 Å². The van der Waals surface area contributed by atoms with Crippen molar-refractivity contribution in [2.45, 2.75) is 13.5 Å². The molecule has 1 amide bonds. The molecule has 0 radical (unpaired) electrons. The van der Waals surface area contributed by atoms with Crippen molar-refractivity contribution in [1.82, 2.24) is 0 Å². The molecule has 2 aromatic carbocycles. The van der Waals surface area contributed by atoms with Crippen LogP contribution in [0.15, 0.2) is 67.3 Å². The minimum Gasteiger partial charge on any atom is -0.497 e. The summed E-state index contributed by atoms with van der Waals surface area (Å²) in [7, 11) is 1.62. The van der Waals surface area contributed by atoms with E-state index in [0.29, 0.717) is 6.54 Å². The van der Waals surface area contributed by atoms with Gasteiger partial charge in [0.2, 0.25) is 0 Å². The van der Waals surface area contributed by atoms with Crippen molar-refractivity contribution >= 4 is 28.2 Å². The van der Waals surface area contributed by atoms with Gasteiger partial charge >= 0.3 is 5.37 Å². The minimum absolute atomic E-state index is 0.380. The first-order valence-electron chi connectivity index (χ1n) is 7.55. The second-order valence-electron chi connectivity index (χ2n) is 5.29. The smallest absolute Gasteiger partial charge is 0.321 e. The Bertz CT molecular complexity index is 750. The van der Waals surface area contributed by atoms with Crippen LogP contribution in [0.5, 0.6) is 5.75 Å². The lowest BCUT2D eigenvalue weighted by Crippen LogP contribution is -2.26. The van der Waals surface area contributed by atoms with Crippen LogP contribution in [0.25, 0.3) is 5.57 Å². The third-order valence-electron chi connectivity index (χ3n) is 3.70. The number of para-hydroxylation sites is 1. The molecule has 0 aliphatic carbocycles. The Labute approximate surface area is 147 Å². The van der Waals surface area contributed by atoms with Crippen molar-refractivity contribution in [2.75, 3.05) is 12.0 Å². The van der Waals surface area contributed by atoms with Gasteiger partial charge in [-0.1, -0.05) is 49.1 Å². The number of benzene rings is 2. The summed E-state index contributed by atoms with van der Waals surface area (Å²) in [4.78, 5) is 13.6. The summed E-state index contributed by atoms with van der Waals surface area (Å²) in [6, 6.07) is 15.2. The predicted molar refractivity (Wildman–Crippen MR) is 101 cm³/mol. The summed E-state index contributed by atoms with van der Waals surface area (Å²) in [6.07, 6.45) is 3.63. The Hall–Kier alpha value is -2.52. The maximum Gasteiger partial charge on any atom is 0.321 e. The van der Waals surface area contributed by atoms with Crippen LogP contribution in [0.1, 0.15) is 18.1 Å². The van der Waals surface area contributed by atoms with E-state index in [2.05, 4.69) is 6.58 Å². The van der Waals surface area contributed by atoms with E-state index >= 15 is 0 Å². The number of allylic oxidation sites excluding steroid dienone is 3. The van der Waals surface area contributed by atoms with Gasteiger partial charge < -0.3 is 4.74 Å². The molecule has 0 spiro atoms. The van der Waals surface area contributed by atoms with E-state index in [0.717, 1.165) is 28.1 Å².